The lowest BCUT2D eigenvalue weighted by Crippen LogP contribution is -2.03. The number of benzene rings is 1. The van der Waals surface area contributed by atoms with E-state index in [1.165, 1.54) is 10.7 Å². The maximum absolute atomic E-state index is 11.2. The molecule has 0 aliphatic heterocycles. The summed E-state index contributed by atoms with van der Waals surface area (Å²) in [6.07, 6.45) is 1.63. The zero-order valence-corrected chi connectivity index (χ0v) is 11.5. The predicted octanol–water partition coefficient (Wildman–Crippen LogP) is 3.29. The second-order valence-corrected chi connectivity index (χ2v) is 4.76. The Morgan fingerprint density at radius 2 is 1.90 bits per heavy atom. The van der Waals surface area contributed by atoms with Crippen molar-refractivity contribution in [2.75, 3.05) is 0 Å². The van der Waals surface area contributed by atoms with Gasteiger partial charge in [-0.2, -0.15) is 5.10 Å². The highest BCUT2D eigenvalue weighted by Gasteiger charge is 2.16. The van der Waals surface area contributed by atoms with Gasteiger partial charge in [-0.05, 0) is 30.3 Å². The summed E-state index contributed by atoms with van der Waals surface area (Å²) in [6.45, 7) is 0. The zero-order chi connectivity index (χ0) is 14.8. The fourth-order valence-corrected chi connectivity index (χ4v) is 2.09. The molecule has 0 aliphatic rings. The van der Waals surface area contributed by atoms with Crippen LogP contribution in [-0.2, 0) is 0 Å². The van der Waals surface area contributed by atoms with E-state index in [1.54, 1.807) is 30.5 Å². The third kappa shape index (κ3) is 2.64. The zero-order valence-electron chi connectivity index (χ0n) is 10.8. The Bertz CT molecular complexity index is 782. The lowest BCUT2D eigenvalue weighted by molar-refractivity contribution is 0.0690. The maximum Gasteiger partial charge on any atom is 0.356 e. The minimum atomic E-state index is -1.08. The quantitative estimate of drug-likeness (QED) is 0.806. The Morgan fingerprint density at radius 3 is 2.52 bits per heavy atom. The molecule has 3 rings (SSSR count). The first-order valence-corrected chi connectivity index (χ1v) is 6.53. The van der Waals surface area contributed by atoms with Crippen LogP contribution in [0.2, 0.25) is 5.02 Å². The molecular formula is C15H10ClN3O2. The van der Waals surface area contributed by atoms with Gasteiger partial charge in [-0.25, -0.2) is 14.5 Å². The summed E-state index contributed by atoms with van der Waals surface area (Å²) in [7, 11) is 0. The summed E-state index contributed by atoms with van der Waals surface area (Å²) in [5.74, 6) is -0.533. The van der Waals surface area contributed by atoms with Crippen LogP contribution in [0.15, 0.2) is 54.7 Å². The average molecular weight is 300 g/mol. The van der Waals surface area contributed by atoms with Crippen molar-refractivity contribution < 1.29 is 9.90 Å². The van der Waals surface area contributed by atoms with Crippen molar-refractivity contribution in [1.82, 2.24) is 14.8 Å². The monoisotopic (exact) mass is 299 g/mol. The van der Waals surface area contributed by atoms with E-state index in [2.05, 4.69) is 10.1 Å². The standard InChI is InChI=1S/C15H10ClN3O2/c16-11-6-4-10(5-7-11)13-9-12(15(20)21)18-19(13)14-3-1-2-8-17-14/h1-9H,(H,20,21). The van der Waals surface area contributed by atoms with Crippen LogP contribution in [0.3, 0.4) is 0 Å². The van der Waals surface area contributed by atoms with E-state index in [0.29, 0.717) is 16.5 Å². The molecule has 6 heteroatoms. The Morgan fingerprint density at radius 1 is 1.14 bits per heavy atom. The molecular weight excluding hydrogens is 290 g/mol. The number of carboxylic acid groups (broad SMARTS) is 1. The molecule has 0 spiro atoms. The van der Waals surface area contributed by atoms with Crippen LogP contribution in [0.4, 0.5) is 0 Å². The molecule has 0 radical (unpaired) electrons. The number of nitrogens with zero attached hydrogens (tertiary/aromatic N) is 3. The summed E-state index contributed by atoms with van der Waals surface area (Å²) in [6, 6.07) is 14.0. The van der Waals surface area contributed by atoms with Crippen LogP contribution < -0.4 is 0 Å². The number of hydrogen-bond donors (Lipinski definition) is 1. The topological polar surface area (TPSA) is 68.0 Å². The lowest BCUT2D eigenvalue weighted by Gasteiger charge is -2.06. The number of carbonyl (C=O) groups is 1. The Balaban J connectivity index is 2.19. The Hall–Kier alpha value is -2.66. The first-order chi connectivity index (χ1) is 10.1. The van der Waals surface area contributed by atoms with Gasteiger partial charge in [0.25, 0.3) is 0 Å². The second-order valence-electron chi connectivity index (χ2n) is 4.33. The van der Waals surface area contributed by atoms with Gasteiger partial charge in [0.15, 0.2) is 11.5 Å². The molecule has 1 aromatic carbocycles. The van der Waals surface area contributed by atoms with E-state index in [-0.39, 0.29) is 5.69 Å². The van der Waals surface area contributed by atoms with Crippen LogP contribution in [0.5, 0.6) is 0 Å². The van der Waals surface area contributed by atoms with Gasteiger partial charge in [0.1, 0.15) is 0 Å². The molecule has 1 N–H and O–H groups in total. The number of aromatic nitrogens is 3. The summed E-state index contributed by atoms with van der Waals surface area (Å²) >= 11 is 5.88. The van der Waals surface area contributed by atoms with Crippen molar-refractivity contribution >= 4 is 17.6 Å². The number of halogens is 1. The smallest absolute Gasteiger partial charge is 0.356 e. The molecule has 104 valence electrons. The van der Waals surface area contributed by atoms with Gasteiger partial charge in [0.05, 0.1) is 5.69 Å². The largest absolute Gasteiger partial charge is 0.476 e. The van der Waals surface area contributed by atoms with E-state index < -0.39 is 5.97 Å². The number of aromatic carboxylic acids is 1. The van der Waals surface area contributed by atoms with Crippen LogP contribution >= 0.6 is 11.6 Å². The van der Waals surface area contributed by atoms with Gasteiger partial charge < -0.3 is 5.11 Å². The predicted molar refractivity (Wildman–Crippen MR) is 78.8 cm³/mol. The Labute approximate surface area is 125 Å². The van der Waals surface area contributed by atoms with Crippen LogP contribution in [-0.4, -0.2) is 25.8 Å². The van der Waals surface area contributed by atoms with Crippen molar-refractivity contribution in [1.29, 1.82) is 0 Å². The summed E-state index contributed by atoms with van der Waals surface area (Å²) in [5, 5.41) is 13.9. The lowest BCUT2D eigenvalue weighted by atomic mass is 10.1. The minimum Gasteiger partial charge on any atom is -0.476 e. The second kappa shape index (κ2) is 5.38. The Kier molecular flexibility index (Phi) is 3.41. The molecule has 21 heavy (non-hydrogen) atoms. The molecule has 0 saturated heterocycles. The third-order valence-electron chi connectivity index (χ3n) is 2.93. The number of hydrogen-bond acceptors (Lipinski definition) is 3. The molecule has 0 atom stereocenters. The highest BCUT2D eigenvalue weighted by atomic mass is 35.5. The van der Waals surface area contributed by atoms with Gasteiger partial charge in [0.2, 0.25) is 0 Å². The molecule has 0 saturated carbocycles. The molecule has 0 aliphatic carbocycles. The van der Waals surface area contributed by atoms with Crippen molar-refractivity contribution in [2.45, 2.75) is 0 Å². The molecule has 2 heterocycles. The van der Waals surface area contributed by atoms with Crippen molar-refractivity contribution in [3.05, 3.63) is 65.4 Å². The molecule has 0 amide bonds. The van der Waals surface area contributed by atoms with Gasteiger partial charge in [-0.15, -0.1) is 0 Å². The van der Waals surface area contributed by atoms with Crippen molar-refractivity contribution in [2.24, 2.45) is 0 Å². The van der Waals surface area contributed by atoms with Crippen LogP contribution in [0, 0.1) is 0 Å². The SMILES string of the molecule is O=C(O)c1cc(-c2ccc(Cl)cc2)n(-c2ccccn2)n1. The van der Waals surface area contributed by atoms with Crippen molar-refractivity contribution in [3.8, 4) is 17.1 Å². The van der Waals surface area contributed by atoms with Gasteiger partial charge in [0, 0.05) is 16.8 Å². The fraction of sp³-hybridized carbons (Fsp3) is 0. The van der Waals surface area contributed by atoms with E-state index in [4.69, 9.17) is 16.7 Å². The first-order valence-electron chi connectivity index (χ1n) is 6.16. The molecule has 2 aromatic heterocycles. The van der Waals surface area contributed by atoms with E-state index in [9.17, 15) is 4.79 Å². The summed E-state index contributed by atoms with van der Waals surface area (Å²) in [5.41, 5.74) is 1.42. The van der Waals surface area contributed by atoms with Crippen LogP contribution in [0.25, 0.3) is 17.1 Å². The molecule has 3 aromatic rings. The van der Waals surface area contributed by atoms with Gasteiger partial charge in [-0.1, -0.05) is 29.8 Å². The number of carboxylic acids is 1. The number of pyridine rings is 1. The first kappa shape index (κ1) is 13.3. The number of rotatable bonds is 3. The van der Waals surface area contributed by atoms with E-state index >= 15 is 0 Å². The molecule has 5 nitrogen and oxygen atoms in total. The highest BCUT2D eigenvalue weighted by molar-refractivity contribution is 6.30. The van der Waals surface area contributed by atoms with E-state index in [0.717, 1.165) is 5.56 Å². The van der Waals surface area contributed by atoms with Gasteiger partial charge in [-0.3, -0.25) is 0 Å². The maximum atomic E-state index is 11.2. The minimum absolute atomic E-state index is 0.0365. The highest BCUT2D eigenvalue weighted by Crippen LogP contribution is 2.24. The third-order valence-corrected chi connectivity index (χ3v) is 3.19. The molecule has 0 bridgehead atoms. The summed E-state index contributed by atoms with van der Waals surface area (Å²) in [4.78, 5) is 15.4. The fourth-order valence-electron chi connectivity index (χ4n) is 1.97. The molecule has 0 unspecified atom stereocenters. The molecule has 0 fully saturated rings. The van der Waals surface area contributed by atoms with Gasteiger partial charge >= 0.3 is 5.97 Å². The summed E-state index contributed by atoms with van der Waals surface area (Å²) < 4.78 is 1.51. The van der Waals surface area contributed by atoms with Crippen molar-refractivity contribution in [3.63, 3.8) is 0 Å². The van der Waals surface area contributed by atoms with Crippen LogP contribution in [0.1, 0.15) is 10.5 Å². The van der Waals surface area contributed by atoms with E-state index in [1.807, 2.05) is 18.2 Å². The normalized spacial score (nSPS) is 10.5. The average Bonchev–Trinajstić information content (AvgIpc) is 2.94.